The molecule has 0 spiro atoms. The lowest BCUT2D eigenvalue weighted by Gasteiger charge is -2.14. The van der Waals surface area contributed by atoms with Crippen molar-refractivity contribution in [2.24, 2.45) is 0 Å². The van der Waals surface area contributed by atoms with Crippen molar-refractivity contribution in [2.45, 2.75) is 13.0 Å². The van der Waals surface area contributed by atoms with Crippen molar-refractivity contribution >= 4 is 5.91 Å². The Bertz CT molecular complexity index is 653. The standard InChI is InChI=1S/C15H18N2O5/c1-9-11(7-17-22-9)15(19)16-8-12(18)10-4-5-13(20-2)14(6-10)21-3/h4-7,12,18H,8H2,1-3H3,(H,16,19). The fourth-order valence-corrected chi connectivity index (χ4v) is 1.98. The summed E-state index contributed by atoms with van der Waals surface area (Å²) in [6.07, 6.45) is 0.469. The van der Waals surface area contributed by atoms with Crippen molar-refractivity contribution in [3.8, 4) is 11.5 Å². The summed E-state index contributed by atoms with van der Waals surface area (Å²) < 4.78 is 15.1. The first kappa shape index (κ1) is 15.8. The minimum absolute atomic E-state index is 0.0545. The first-order valence-electron chi connectivity index (χ1n) is 6.66. The molecule has 2 N–H and O–H groups in total. The van der Waals surface area contributed by atoms with Crippen LogP contribution in [0.4, 0.5) is 0 Å². The van der Waals surface area contributed by atoms with Crippen LogP contribution in [0.25, 0.3) is 0 Å². The summed E-state index contributed by atoms with van der Waals surface area (Å²) in [5.74, 6) is 1.17. The van der Waals surface area contributed by atoms with E-state index in [1.807, 2.05) is 0 Å². The van der Waals surface area contributed by atoms with E-state index in [-0.39, 0.29) is 12.5 Å². The van der Waals surface area contributed by atoms with Crippen LogP contribution in [0.15, 0.2) is 28.9 Å². The zero-order chi connectivity index (χ0) is 16.1. The summed E-state index contributed by atoms with van der Waals surface area (Å²) in [5, 5.41) is 16.3. The van der Waals surface area contributed by atoms with Crippen LogP contribution < -0.4 is 14.8 Å². The van der Waals surface area contributed by atoms with Crippen molar-refractivity contribution in [1.82, 2.24) is 10.5 Å². The Labute approximate surface area is 127 Å². The number of carbonyl (C=O) groups is 1. The highest BCUT2D eigenvalue weighted by atomic mass is 16.5. The Kier molecular flexibility index (Phi) is 5.00. The van der Waals surface area contributed by atoms with E-state index >= 15 is 0 Å². The maximum Gasteiger partial charge on any atom is 0.256 e. The molecule has 1 atom stereocenters. The predicted molar refractivity (Wildman–Crippen MR) is 78.1 cm³/mol. The largest absolute Gasteiger partial charge is 0.493 e. The number of carbonyl (C=O) groups excluding carboxylic acids is 1. The van der Waals surface area contributed by atoms with Gasteiger partial charge >= 0.3 is 0 Å². The third-order valence-electron chi connectivity index (χ3n) is 3.24. The van der Waals surface area contributed by atoms with Crippen LogP contribution in [0.1, 0.15) is 27.8 Å². The van der Waals surface area contributed by atoms with Gasteiger partial charge in [-0.2, -0.15) is 0 Å². The van der Waals surface area contributed by atoms with Gasteiger partial charge in [-0.3, -0.25) is 4.79 Å². The molecule has 1 heterocycles. The number of methoxy groups -OCH3 is 2. The number of nitrogens with zero attached hydrogens (tertiary/aromatic N) is 1. The van der Waals surface area contributed by atoms with Crippen molar-refractivity contribution in [1.29, 1.82) is 0 Å². The number of aryl methyl sites for hydroxylation is 1. The van der Waals surface area contributed by atoms with Gasteiger partial charge in [0.25, 0.3) is 5.91 Å². The van der Waals surface area contributed by atoms with Crippen molar-refractivity contribution in [3.63, 3.8) is 0 Å². The Morgan fingerprint density at radius 1 is 1.36 bits per heavy atom. The van der Waals surface area contributed by atoms with Gasteiger partial charge in [0, 0.05) is 6.54 Å². The Morgan fingerprint density at radius 2 is 2.09 bits per heavy atom. The predicted octanol–water partition coefficient (Wildman–Crippen LogP) is 1.46. The molecule has 1 aromatic heterocycles. The molecule has 2 rings (SSSR count). The summed E-state index contributed by atoms with van der Waals surface area (Å²) in [5.41, 5.74) is 0.958. The van der Waals surface area contributed by atoms with E-state index in [0.29, 0.717) is 28.4 Å². The summed E-state index contributed by atoms with van der Waals surface area (Å²) in [6, 6.07) is 5.08. The zero-order valence-corrected chi connectivity index (χ0v) is 12.6. The van der Waals surface area contributed by atoms with Crippen molar-refractivity contribution < 1.29 is 23.9 Å². The lowest BCUT2D eigenvalue weighted by Crippen LogP contribution is -2.28. The third kappa shape index (κ3) is 3.37. The van der Waals surface area contributed by atoms with Gasteiger partial charge < -0.3 is 24.4 Å². The zero-order valence-electron chi connectivity index (χ0n) is 12.6. The van der Waals surface area contributed by atoms with E-state index in [1.54, 1.807) is 25.1 Å². The van der Waals surface area contributed by atoms with Gasteiger partial charge in [0.05, 0.1) is 26.5 Å². The summed E-state index contributed by atoms with van der Waals surface area (Å²) >= 11 is 0. The minimum Gasteiger partial charge on any atom is -0.493 e. The van der Waals surface area contributed by atoms with Gasteiger partial charge in [0.15, 0.2) is 11.5 Å². The highest BCUT2D eigenvalue weighted by Crippen LogP contribution is 2.29. The molecule has 0 saturated carbocycles. The average molecular weight is 306 g/mol. The van der Waals surface area contributed by atoms with Crippen LogP contribution >= 0.6 is 0 Å². The average Bonchev–Trinajstić information content (AvgIpc) is 2.97. The summed E-state index contributed by atoms with van der Waals surface area (Å²) in [4.78, 5) is 11.9. The van der Waals surface area contributed by atoms with Gasteiger partial charge in [-0.25, -0.2) is 0 Å². The molecule has 0 radical (unpaired) electrons. The SMILES string of the molecule is COc1ccc(C(O)CNC(=O)c2cnoc2C)cc1OC. The molecule has 0 bridgehead atoms. The Morgan fingerprint density at radius 3 is 2.68 bits per heavy atom. The minimum atomic E-state index is -0.871. The van der Waals surface area contributed by atoms with Gasteiger partial charge in [-0.15, -0.1) is 0 Å². The second-order valence-electron chi connectivity index (χ2n) is 4.64. The smallest absolute Gasteiger partial charge is 0.256 e. The lowest BCUT2D eigenvalue weighted by molar-refractivity contribution is 0.0914. The van der Waals surface area contributed by atoms with Crippen LogP contribution in [0.3, 0.4) is 0 Å². The maximum absolute atomic E-state index is 11.9. The monoisotopic (exact) mass is 306 g/mol. The first-order valence-corrected chi connectivity index (χ1v) is 6.66. The fourth-order valence-electron chi connectivity index (χ4n) is 1.98. The second kappa shape index (κ2) is 6.95. The van der Waals surface area contributed by atoms with E-state index in [2.05, 4.69) is 10.5 Å². The number of amides is 1. The molecule has 1 unspecified atom stereocenters. The van der Waals surface area contributed by atoms with Crippen LogP contribution in [-0.2, 0) is 0 Å². The van der Waals surface area contributed by atoms with Gasteiger partial charge in [-0.1, -0.05) is 11.2 Å². The first-order chi connectivity index (χ1) is 10.6. The molecule has 0 aliphatic rings. The molecule has 1 aromatic carbocycles. The molecule has 0 fully saturated rings. The van der Waals surface area contributed by atoms with Crippen LogP contribution in [0.2, 0.25) is 0 Å². The molecule has 1 amide bonds. The lowest BCUT2D eigenvalue weighted by atomic mass is 10.1. The quantitative estimate of drug-likeness (QED) is 0.839. The molecule has 118 valence electrons. The van der Waals surface area contributed by atoms with Gasteiger partial charge in [-0.05, 0) is 24.6 Å². The van der Waals surface area contributed by atoms with E-state index in [4.69, 9.17) is 14.0 Å². The number of aliphatic hydroxyl groups excluding tert-OH is 1. The van der Waals surface area contributed by atoms with E-state index in [1.165, 1.54) is 20.4 Å². The van der Waals surface area contributed by atoms with Gasteiger partial charge in [0.1, 0.15) is 11.3 Å². The molecule has 22 heavy (non-hydrogen) atoms. The summed E-state index contributed by atoms with van der Waals surface area (Å²) in [6.45, 7) is 1.70. The molecule has 2 aromatic rings. The van der Waals surface area contributed by atoms with Crippen molar-refractivity contribution in [2.75, 3.05) is 20.8 Å². The number of aromatic nitrogens is 1. The molecule has 0 aliphatic heterocycles. The highest BCUT2D eigenvalue weighted by molar-refractivity contribution is 5.94. The van der Waals surface area contributed by atoms with E-state index in [9.17, 15) is 9.90 Å². The Balaban J connectivity index is 2.02. The van der Waals surface area contributed by atoms with Crippen molar-refractivity contribution in [3.05, 3.63) is 41.3 Å². The summed E-state index contributed by atoms with van der Waals surface area (Å²) in [7, 11) is 3.06. The third-order valence-corrected chi connectivity index (χ3v) is 3.24. The number of rotatable bonds is 6. The molecular formula is C15H18N2O5. The molecule has 7 heteroatoms. The molecule has 0 aliphatic carbocycles. The number of benzene rings is 1. The maximum atomic E-state index is 11.9. The Hall–Kier alpha value is -2.54. The van der Waals surface area contributed by atoms with Crippen LogP contribution in [0.5, 0.6) is 11.5 Å². The number of hydrogen-bond donors (Lipinski definition) is 2. The normalized spacial score (nSPS) is 11.8. The highest BCUT2D eigenvalue weighted by Gasteiger charge is 2.16. The van der Waals surface area contributed by atoms with Gasteiger partial charge in [0.2, 0.25) is 0 Å². The molecular weight excluding hydrogens is 288 g/mol. The molecule has 0 saturated heterocycles. The van der Waals surface area contributed by atoms with Crippen LogP contribution in [0, 0.1) is 6.92 Å². The fraction of sp³-hybridized carbons (Fsp3) is 0.333. The number of ether oxygens (including phenoxy) is 2. The molecule has 7 nitrogen and oxygen atoms in total. The van der Waals surface area contributed by atoms with E-state index < -0.39 is 6.10 Å². The number of hydrogen-bond acceptors (Lipinski definition) is 6. The second-order valence-corrected chi connectivity index (χ2v) is 4.64. The number of aliphatic hydroxyl groups is 1. The topological polar surface area (TPSA) is 93.8 Å². The van der Waals surface area contributed by atoms with E-state index in [0.717, 1.165) is 0 Å². The number of nitrogens with one attached hydrogen (secondary N) is 1. The van der Waals surface area contributed by atoms with Crippen LogP contribution in [-0.4, -0.2) is 36.9 Å².